The molecule has 1 unspecified atom stereocenters. The van der Waals surface area contributed by atoms with Crippen molar-refractivity contribution in [2.75, 3.05) is 4.90 Å². The Labute approximate surface area is 284 Å². The van der Waals surface area contributed by atoms with Gasteiger partial charge in [-0.3, -0.25) is 4.79 Å². The number of ketones is 1. The van der Waals surface area contributed by atoms with Gasteiger partial charge in [0, 0.05) is 63.5 Å². The Hall–Kier alpha value is -4.51. The molecule has 1 atom stereocenters. The molecule has 3 aliphatic rings. The number of benzene rings is 4. The lowest BCUT2D eigenvalue weighted by Crippen LogP contribution is -2.28. The first-order valence-electron chi connectivity index (χ1n) is 16.4. The van der Waals surface area contributed by atoms with Crippen LogP contribution in [0.3, 0.4) is 0 Å². The molecule has 0 amide bonds. The Morgan fingerprint density at radius 1 is 0.723 bits per heavy atom. The first-order valence-corrected chi connectivity index (χ1v) is 18.0. The van der Waals surface area contributed by atoms with Crippen LogP contribution in [0.2, 0.25) is 0 Å². The SMILES string of the molecule is CC1(C)/C(=C/c2cc3c(s2)C2=CC=C(N(c4ccccc4)c4ccc5sc6ccccc6c5c4)CC2C3(C)C)C(=O)c2ccccc21. The van der Waals surface area contributed by atoms with Gasteiger partial charge in [-0.25, -0.2) is 0 Å². The van der Waals surface area contributed by atoms with Crippen molar-refractivity contribution in [1.29, 1.82) is 0 Å². The van der Waals surface area contributed by atoms with Crippen LogP contribution in [0.5, 0.6) is 0 Å². The van der Waals surface area contributed by atoms with E-state index in [1.165, 1.54) is 58.1 Å². The van der Waals surface area contributed by atoms with E-state index in [0.29, 0.717) is 5.92 Å². The maximum atomic E-state index is 13.5. The minimum atomic E-state index is -0.304. The molecule has 3 aliphatic carbocycles. The maximum absolute atomic E-state index is 13.5. The molecule has 230 valence electrons. The fourth-order valence-electron chi connectivity index (χ4n) is 8.19. The second kappa shape index (κ2) is 10.2. The van der Waals surface area contributed by atoms with Crippen LogP contribution >= 0.6 is 22.7 Å². The van der Waals surface area contributed by atoms with E-state index in [1.54, 1.807) is 0 Å². The molecule has 0 radical (unpaired) electrons. The number of thiophene rings is 2. The lowest BCUT2D eigenvalue weighted by atomic mass is 9.73. The first kappa shape index (κ1) is 28.7. The Kier molecular flexibility index (Phi) is 6.25. The summed E-state index contributed by atoms with van der Waals surface area (Å²) in [7, 11) is 0. The number of anilines is 2. The molecule has 4 heteroatoms. The highest BCUT2D eigenvalue weighted by molar-refractivity contribution is 7.25. The van der Waals surface area contributed by atoms with Crippen molar-refractivity contribution >= 4 is 71.7 Å². The van der Waals surface area contributed by atoms with Gasteiger partial charge in [0.15, 0.2) is 5.78 Å². The van der Waals surface area contributed by atoms with Gasteiger partial charge in [-0.1, -0.05) is 94.4 Å². The number of carbonyl (C=O) groups is 1. The molecule has 0 N–H and O–H groups in total. The third kappa shape index (κ3) is 4.24. The second-order valence-corrected chi connectivity index (χ2v) is 16.3. The molecule has 0 bridgehead atoms. The fraction of sp³-hybridized carbons (Fsp3) is 0.186. The summed E-state index contributed by atoms with van der Waals surface area (Å²) in [5.41, 5.74) is 9.03. The molecule has 2 aromatic heterocycles. The Bertz CT molecular complexity index is 2360. The van der Waals surface area contributed by atoms with E-state index in [-0.39, 0.29) is 16.6 Å². The highest BCUT2D eigenvalue weighted by atomic mass is 32.1. The van der Waals surface area contributed by atoms with Crippen LogP contribution in [0.4, 0.5) is 11.4 Å². The Morgan fingerprint density at radius 3 is 2.30 bits per heavy atom. The van der Waals surface area contributed by atoms with Crippen molar-refractivity contribution in [2.24, 2.45) is 5.92 Å². The average molecular weight is 646 g/mol. The van der Waals surface area contributed by atoms with E-state index in [1.807, 2.05) is 40.9 Å². The topological polar surface area (TPSA) is 20.3 Å². The van der Waals surface area contributed by atoms with E-state index < -0.39 is 0 Å². The molecule has 9 rings (SSSR count). The van der Waals surface area contributed by atoms with E-state index in [2.05, 4.69) is 136 Å². The normalized spacial score (nSPS) is 19.9. The molecule has 0 saturated carbocycles. The monoisotopic (exact) mass is 645 g/mol. The number of fused-ring (bicyclic) bond motifs is 7. The summed E-state index contributed by atoms with van der Waals surface area (Å²) >= 11 is 3.71. The van der Waals surface area contributed by atoms with Gasteiger partial charge in [-0.15, -0.1) is 22.7 Å². The van der Waals surface area contributed by atoms with Crippen LogP contribution in [0, 0.1) is 5.92 Å². The largest absolute Gasteiger partial charge is 0.314 e. The van der Waals surface area contributed by atoms with E-state index in [0.717, 1.165) is 23.1 Å². The van der Waals surface area contributed by atoms with E-state index in [4.69, 9.17) is 0 Å². The van der Waals surface area contributed by atoms with E-state index >= 15 is 0 Å². The van der Waals surface area contributed by atoms with Gasteiger partial charge in [-0.2, -0.15) is 0 Å². The molecule has 2 nitrogen and oxygen atoms in total. The summed E-state index contributed by atoms with van der Waals surface area (Å²) < 4.78 is 2.65. The Morgan fingerprint density at radius 2 is 1.47 bits per heavy atom. The van der Waals surface area contributed by atoms with Crippen LogP contribution in [-0.4, -0.2) is 5.78 Å². The minimum Gasteiger partial charge on any atom is -0.314 e. The first-order chi connectivity index (χ1) is 22.7. The van der Waals surface area contributed by atoms with Crippen molar-refractivity contribution in [2.45, 2.75) is 44.9 Å². The number of hydrogen-bond acceptors (Lipinski definition) is 4. The summed E-state index contributed by atoms with van der Waals surface area (Å²) in [6.45, 7) is 9.16. The van der Waals surface area contributed by atoms with Gasteiger partial charge in [0.1, 0.15) is 0 Å². The van der Waals surface area contributed by atoms with Gasteiger partial charge in [0.2, 0.25) is 0 Å². The molecule has 0 aliphatic heterocycles. The van der Waals surface area contributed by atoms with Crippen LogP contribution in [0.25, 0.3) is 31.8 Å². The lowest BCUT2D eigenvalue weighted by Gasteiger charge is -2.36. The number of allylic oxidation sites excluding steroid dienone is 5. The molecule has 47 heavy (non-hydrogen) atoms. The van der Waals surface area contributed by atoms with Gasteiger partial charge in [0.05, 0.1) is 0 Å². The average Bonchev–Trinajstić information content (AvgIpc) is 3.78. The zero-order valence-electron chi connectivity index (χ0n) is 27.0. The third-order valence-electron chi connectivity index (χ3n) is 10.8. The van der Waals surface area contributed by atoms with Crippen LogP contribution < -0.4 is 4.90 Å². The lowest BCUT2D eigenvalue weighted by molar-refractivity contribution is 0.103. The standard InChI is InChI=1S/C43H35NOS2/c1-42(2)34-16-10-8-15-31(34)40(45)36(42)24-29-25-37-41(46-29)32-20-18-28(23-35(32)43(37,3)4)44(26-12-6-5-7-13-26)27-19-21-39-33(22-27)30-14-9-11-17-38(30)47-39/h5-22,24-25,35H,23H2,1-4H3/b36-24+. The van der Waals surface area contributed by atoms with Gasteiger partial charge < -0.3 is 4.90 Å². The third-order valence-corrected chi connectivity index (χ3v) is 13.1. The quantitative estimate of drug-likeness (QED) is 0.178. The maximum Gasteiger partial charge on any atom is 0.190 e. The summed E-state index contributed by atoms with van der Waals surface area (Å²) in [5.74, 6) is 0.534. The zero-order chi connectivity index (χ0) is 32.1. The summed E-state index contributed by atoms with van der Waals surface area (Å²) in [5, 5.41) is 2.63. The molecule has 4 aromatic carbocycles. The molecular formula is C43H35NOS2. The van der Waals surface area contributed by atoms with Crippen LogP contribution in [-0.2, 0) is 10.8 Å². The molecular weight excluding hydrogens is 611 g/mol. The van der Waals surface area contributed by atoms with E-state index in [9.17, 15) is 4.79 Å². The van der Waals surface area contributed by atoms with Crippen molar-refractivity contribution in [3.05, 3.63) is 153 Å². The number of rotatable bonds is 4. The fourth-order valence-corrected chi connectivity index (χ4v) is 10.6. The number of carbonyl (C=O) groups excluding carboxylic acids is 1. The van der Waals surface area contributed by atoms with Gasteiger partial charge in [0.25, 0.3) is 0 Å². The molecule has 0 fully saturated rings. The minimum absolute atomic E-state index is 0.0397. The molecule has 6 aromatic rings. The molecule has 0 saturated heterocycles. The summed E-state index contributed by atoms with van der Waals surface area (Å²) in [6.07, 6.45) is 7.84. The smallest absolute Gasteiger partial charge is 0.190 e. The van der Waals surface area contributed by atoms with Gasteiger partial charge >= 0.3 is 0 Å². The van der Waals surface area contributed by atoms with Crippen LogP contribution in [0.15, 0.2) is 127 Å². The van der Waals surface area contributed by atoms with Crippen molar-refractivity contribution < 1.29 is 4.79 Å². The number of hydrogen-bond donors (Lipinski definition) is 0. The predicted octanol–water partition coefficient (Wildman–Crippen LogP) is 12.1. The number of nitrogens with zero attached hydrogens (tertiary/aromatic N) is 1. The molecule has 0 spiro atoms. The Balaban J connectivity index is 1.12. The second-order valence-electron chi connectivity index (χ2n) is 14.2. The zero-order valence-corrected chi connectivity index (χ0v) is 28.6. The number of para-hydroxylation sites is 1. The van der Waals surface area contributed by atoms with Gasteiger partial charge in [-0.05, 0) is 89.1 Å². The summed E-state index contributed by atoms with van der Waals surface area (Å²) in [4.78, 5) is 18.5. The highest BCUT2D eigenvalue weighted by Gasteiger charge is 2.46. The number of Topliss-reactive ketones (excluding diaryl/α,β-unsaturated/α-hetero) is 1. The van der Waals surface area contributed by atoms with Crippen molar-refractivity contribution in [3.8, 4) is 0 Å². The van der Waals surface area contributed by atoms with Crippen molar-refractivity contribution in [1.82, 2.24) is 0 Å². The highest BCUT2D eigenvalue weighted by Crippen LogP contribution is 2.58. The predicted molar refractivity (Wildman–Crippen MR) is 201 cm³/mol. The van der Waals surface area contributed by atoms with Crippen LogP contribution in [0.1, 0.15) is 65.4 Å². The molecule has 2 heterocycles. The summed E-state index contributed by atoms with van der Waals surface area (Å²) in [6, 6.07) is 36.9. The van der Waals surface area contributed by atoms with Crippen molar-refractivity contribution in [3.63, 3.8) is 0 Å².